The molecule has 1 aromatic rings. The zero-order chi connectivity index (χ0) is 13.3. The fraction of sp³-hybridized carbons (Fsp3) is 0.571. The Morgan fingerprint density at radius 3 is 2.83 bits per heavy atom. The monoisotopic (exact) mass is 252 g/mol. The summed E-state index contributed by atoms with van der Waals surface area (Å²) in [4.78, 5) is 2.26. The Morgan fingerprint density at radius 1 is 1.50 bits per heavy atom. The van der Waals surface area contributed by atoms with Crippen LogP contribution in [0.2, 0.25) is 0 Å². The van der Waals surface area contributed by atoms with E-state index < -0.39 is 0 Å². The average molecular weight is 252 g/mol. The Morgan fingerprint density at radius 2 is 2.22 bits per heavy atom. The lowest BCUT2D eigenvalue weighted by molar-refractivity contribution is 0.0988. The molecule has 1 aromatic carbocycles. The van der Waals surface area contributed by atoms with E-state index in [1.807, 2.05) is 13.0 Å². The van der Waals surface area contributed by atoms with Gasteiger partial charge in [0.05, 0.1) is 13.2 Å². The molecule has 0 aromatic heterocycles. The lowest BCUT2D eigenvalue weighted by Crippen LogP contribution is -2.44. The normalized spacial score (nSPS) is 22.1. The predicted octanol–water partition coefficient (Wildman–Crippen LogP) is 2.38. The summed E-state index contributed by atoms with van der Waals surface area (Å²) in [5.74, 6) is -0.188. The van der Waals surface area contributed by atoms with Gasteiger partial charge < -0.3 is 15.4 Å². The van der Waals surface area contributed by atoms with Crippen molar-refractivity contribution in [3.05, 3.63) is 29.1 Å². The van der Waals surface area contributed by atoms with Crippen molar-refractivity contribution in [2.24, 2.45) is 5.73 Å². The van der Waals surface area contributed by atoms with E-state index in [1.165, 1.54) is 0 Å². The fourth-order valence-corrected chi connectivity index (χ4v) is 2.38. The fourth-order valence-electron chi connectivity index (χ4n) is 2.38. The van der Waals surface area contributed by atoms with Crippen LogP contribution in [0.1, 0.15) is 31.0 Å². The van der Waals surface area contributed by atoms with Gasteiger partial charge in [-0.3, -0.25) is 0 Å². The lowest BCUT2D eigenvalue weighted by Gasteiger charge is -2.37. The van der Waals surface area contributed by atoms with Gasteiger partial charge in [0.15, 0.2) is 0 Å². The van der Waals surface area contributed by atoms with Gasteiger partial charge in [0, 0.05) is 24.3 Å². The number of anilines is 1. The van der Waals surface area contributed by atoms with Crippen molar-refractivity contribution in [1.82, 2.24) is 0 Å². The zero-order valence-electron chi connectivity index (χ0n) is 11.2. The summed E-state index contributed by atoms with van der Waals surface area (Å²) >= 11 is 0. The van der Waals surface area contributed by atoms with E-state index in [0.29, 0.717) is 24.8 Å². The van der Waals surface area contributed by atoms with Crippen LogP contribution in [0.3, 0.4) is 0 Å². The van der Waals surface area contributed by atoms with Crippen molar-refractivity contribution >= 4 is 5.69 Å². The molecule has 2 atom stereocenters. The molecule has 2 N–H and O–H groups in total. The Bertz CT molecular complexity index is 434. The number of halogens is 1. The van der Waals surface area contributed by atoms with E-state index >= 15 is 0 Å². The number of hydrogen-bond acceptors (Lipinski definition) is 3. The Kier molecular flexibility index (Phi) is 3.88. The third-order valence-electron chi connectivity index (χ3n) is 3.48. The average Bonchev–Trinajstić information content (AvgIpc) is 2.32. The number of hydrogen-bond donors (Lipinski definition) is 1. The molecule has 100 valence electrons. The second-order valence-electron chi connectivity index (χ2n) is 5.07. The van der Waals surface area contributed by atoms with Crippen molar-refractivity contribution in [3.8, 4) is 0 Å². The SMILES string of the molecule is Cc1cc(N2CCOCC2C)c([C@H](C)N)cc1F. The molecule has 1 saturated heterocycles. The van der Waals surface area contributed by atoms with Crippen LogP contribution >= 0.6 is 0 Å². The maximum atomic E-state index is 13.7. The molecule has 1 heterocycles. The third-order valence-corrected chi connectivity index (χ3v) is 3.48. The second-order valence-corrected chi connectivity index (χ2v) is 5.07. The van der Waals surface area contributed by atoms with Crippen molar-refractivity contribution in [2.75, 3.05) is 24.7 Å². The second kappa shape index (κ2) is 5.24. The third kappa shape index (κ3) is 2.49. The van der Waals surface area contributed by atoms with Crippen LogP contribution in [0.4, 0.5) is 10.1 Å². The standard InChI is InChI=1S/C14H21FN2O/c1-9-6-14(12(11(3)16)7-13(9)15)17-4-5-18-8-10(17)2/h6-7,10-11H,4-5,8,16H2,1-3H3/t10?,11-/m0/s1. The zero-order valence-corrected chi connectivity index (χ0v) is 11.2. The maximum Gasteiger partial charge on any atom is 0.126 e. The molecule has 0 aliphatic carbocycles. The molecule has 0 saturated carbocycles. The molecular weight excluding hydrogens is 231 g/mol. The molecule has 18 heavy (non-hydrogen) atoms. The summed E-state index contributed by atoms with van der Waals surface area (Å²) in [6.45, 7) is 8.02. The highest BCUT2D eigenvalue weighted by Gasteiger charge is 2.23. The Balaban J connectivity index is 2.44. The van der Waals surface area contributed by atoms with E-state index in [2.05, 4.69) is 11.8 Å². The minimum Gasteiger partial charge on any atom is -0.377 e. The van der Waals surface area contributed by atoms with Gasteiger partial charge in [0.2, 0.25) is 0 Å². The van der Waals surface area contributed by atoms with E-state index in [4.69, 9.17) is 10.5 Å². The van der Waals surface area contributed by atoms with Gasteiger partial charge in [-0.25, -0.2) is 4.39 Å². The molecule has 0 bridgehead atoms. The van der Waals surface area contributed by atoms with E-state index in [0.717, 1.165) is 17.8 Å². The summed E-state index contributed by atoms with van der Waals surface area (Å²) in [5.41, 5.74) is 8.53. The molecular formula is C14H21FN2O. The Labute approximate surface area is 108 Å². The number of nitrogens with zero attached hydrogens (tertiary/aromatic N) is 1. The van der Waals surface area contributed by atoms with Crippen LogP contribution in [-0.2, 0) is 4.74 Å². The molecule has 4 heteroatoms. The molecule has 1 unspecified atom stereocenters. The molecule has 0 amide bonds. The van der Waals surface area contributed by atoms with Gasteiger partial charge in [0.25, 0.3) is 0 Å². The van der Waals surface area contributed by atoms with Crippen LogP contribution in [0.5, 0.6) is 0 Å². The van der Waals surface area contributed by atoms with Crippen molar-refractivity contribution in [2.45, 2.75) is 32.9 Å². The van der Waals surface area contributed by atoms with Gasteiger partial charge in [0.1, 0.15) is 5.82 Å². The minimum atomic E-state index is -0.188. The quantitative estimate of drug-likeness (QED) is 0.878. The highest BCUT2D eigenvalue weighted by Crippen LogP contribution is 2.30. The number of nitrogens with two attached hydrogens (primary N) is 1. The lowest BCUT2D eigenvalue weighted by atomic mass is 10.0. The van der Waals surface area contributed by atoms with Crippen LogP contribution < -0.4 is 10.6 Å². The first-order valence-corrected chi connectivity index (χ1v) is 6.40. The van der Waals surface area contributed by atoms with Crippen LogP contribution in [0.15, 0.2) is 12.1 Å². The molecule has 1 fully saturated rings. The van der Waals surface area contributed by atoms with Crippen molar-refractivity contribution < 1.29 is 9.13 Å². The Hall–Kier alpha value is -1.13. The molecule has 2 rings (SSSR count). The van der Waals surface area contributed by atoms with Crippen molar-refractivity contribution in [3.63, 3.8) is 0 Å². The maximum absolute atomic E-state index is 13.7. The van der Waals surface area contributed by atoms with Gasteiger partial charge in [-0.05, 0) is 44.0 Å². The van der Waals surface area contributed by atoms with Gasteiger partial charge in [-0.15, -0.1) is 0 Å². The number of aryl methyl sites for hydroxylation is 1. The highest BCUT2D eigenvalue weighted by molar-refractivity contribution is 5.58. The molecule has 0 spiro atoms. The topological polar surface area (TPSA) is 38.5 Å². The predicted molar refractivity (Wildman–Crippen MR) is 71.4 cm³/mol. The number of benzene rings is 1. The van der Waals surface area contributed by atoms with Gasteiger partial charge >= 0.3 is 0 Å². The first kappa shape index (κ1) is 13.3. The summed E-state index contributed by atoms with van der Waals surface area (Å²) in [7, 11) is 0. The van der Waals surface area contributed by atoms with E-state index in [1.54, 1.807) is 13.0 Å². The number of rotatable bonds is 2. The van der Waals surface area contributed by atoms with Crippen LogP contribution in [0, 0.1) is 12.7 Å². The van der Waals surface area contributed by atoms with Gasteiger partial charge in [-0.1, -0.05) is 0 Å². The first-order chi connectivity index (χ1) is 8.50. The first-order valence-electron chi connectivity index (χ1n) is 6.40. The van der Waals surface area contributed by atoms with Gasteiger partial charge in [-0.2, -0.15) is 0 Å². The summed E-state index contributed by atoms with van der Waals surface area (Å²) < 4.78 is 19.1. The van der Waals surface area contributed by atoms with E-state index in [-0.39, 0.29) is 11.9 Å². The largest absolute Gasteiger partial charge is 0.377 e. The summed E-state index contributed by atoms with van der Waals surface area (Å²) in [5, 5.41) is 0. The summed E-state index contributed by atoms with van der Waals surface area (Å²) in [6.07, 6.45) is 0. The van der Waals surface area contributed by atoms with Crippen LogP contribution in [-0.4, -0.2) is 25.8 Å². The van der Waals surface area contributed by atoms with Crippen molar-refractivity contribution in [1.29, 1.82) is 0 Å². The molecule has 1 aliphatic rings. The molecule has 0 radical (unpaired) electrons. The summed E-state index contributed by atoms with van der Waals surface area (Å²) in [6, 6.07) is 3.58. The number of morpholine rings is 1. The number of ether oxygens (including phenoxy) is 1. The van der Waals surface area contributed by atoms with Crippen LogP contribution in [0.25, 0.3) is 0 Å². The smallest absolute Gasteiger partial charge is 0.126 e. The van der Waals surface area contributed by atoms with E-state index in [9.17, 15) is 4.39 Å². The minimum absolute atomic E-state index is 0.176. The molecule has 3 nitrogen and oxygen atoms in total. The molecule has 1 aliphatic heterocycles. The highest BCUT2D eigenvalue weighted by atomic mass is 19.1.